The summed E-state index contributed by atoms with van der Waals surface area (Å²) in [4.78, 5) is 11.3. The number of hydrogen-bond donors (Lipinski definition) is 2. The van der Waals surface area contributed by atoms with E-state index in [1.54, 1.807) is 19.9 Å². The number of alkyl halides is 3. The van der Waals surface area contributed by atoms with Crippen LogP contribution >= 0.6 is 0 Å². The van der Waals surface area contributed by atoms with Gasteiger partial charge in [-0.2, -0.15) is 13.2 Å². The Balaban J connectivity index is 2.06. The second-order valence-electron chi connectivity index (χ2n) is 8.78. The predicted octanol–water partition coefficient (Wildman–Crippen LogP) is 5.78. The van der Waals surface area contributed by atoms with Crippen molar-refractivity contribution < 1.29 is 37.3 Å². The summed E-state index contributed by atoms with van der Waals surface area (Å²) in [5.41, 5.74) is -1.42. The van der Waals surface area contributed by atoms with E-state index < -0.39 is 29.2 Å². The van der Waals surface area contributed by atoms with E-state index in [1.807, 2.05) is 0 Å². The zero-order valence-corrected chi connectivity index (χ0v) is 19.0. The van der Waals surface area contributed by atoms with Crippen LogP contribution in [0.3, 0.4) is 0 Å². The number of rotatable bonds is 11. The molecule has 1 aromatic carbocycles. The smallest absolute Gasteiger partial charge is 0.419 e. The first-order valence-corrected chi connectivity index (χ1v) is 11.1. The van der Waals surface area contributed by atoms with Gasteiger partial charge in [-0.05, 0) is 50.8 Å². The summed E-state index contributed by atoms with van der Waals surface area (Å²) in [6.45, 7) is 5.91. The van der Waals surface area contributed by atoms with Crippen LogP contribution in [0.25, 0.3) is 0 Å². The number of benzene rings is 1. The molecule has 6 nitrogen and oxygen atoms in total. The van der Waals surface area contributed by atoms with Crippen LogP contribution in [0.5, 0.6) is 5.75 Å². The van der Waals surface area contributed by atoms with E-state index in [4.69, 9.17) is 14.2 Å². The molecule has 1 aliphatic rings. The molecule has 0 aliphatic carbocycles. The third kappa shape index (κ3) is 8.16. The molecule has 1 saturated heterocycles. The molecule has 9 heteroatoms. The summed E-state index contributed by atoms with van der Waals surface area (Å²) in [5.74, 6) is -1.02. The van der Waals surface area contributed by atoms with Gasteiger partial charge >= 0.3 is 12.3 Å². The van der Waals surface area contributed by atoms with E-state index in [0.29, 0.717) is 12.0 Å². The normalized spacial score (nSPS) is 17.7. The monoisotopic (exact) mass is 461 g/mol. The first-order valence-electron chi connectivity index (χ1n) is 11.1. The fourth-order valence-corrected chi connectivity index (χ4v) is 3.56. The predicted molar refractivity (Wildman–Crippen MR) is 114 cm³/mol. The molecule has 0 bridgehead atoms. The number of hydrogen-bond acceptors (Lipinski definition) is 4. The summed E-state index contributed by atoms with van der Waals surface area (Å²) >= 11 is 0. The average molecular weight is 462 g/mol. The Hall–Kier alpha value is -2.00. The van der Waals surface area contributed by atoms with E-state index in [0.717, 1.165) is 31.7 Å². The van der Waals surface area contributed by atoms with E-state index >= 15 is 0 Å². The molecule has 0 spiro atoms. The molecule has 0 atom stereocenters. The first kappa shape index (κ1) is 26.3. The Morgan fingerprint density at radius 3 is 2.41 bits per heavy atom. The number of carboxylic acid groups (broad SMARTS) is 1. The van der Waals surface area contributed by atoms with E-state index in [-0.39, 0.29) is 38.4 Å². The molecular weight excluding hydrogens is 427 g/mol. The van der Waals surface area contributed by atoms with Gasteiger partial charge in [0.1, 0.15) is 5.75 Å². The Morgan fingerprint density at radius 1 is 1.16 bits per heavy atom. The average Bonchev–Trinajstić information content (AvgIpc) is 2.70. The van der Waals surface area contributed by atoms with Crippen molar-refractivity contribution in [1.82, 2.24) is 5.32 Å². The second-order valence-corrected chi connectivity index (χ2v) is 8.78. The highest BCUT2D eigenvalue weighted by molar-refractivity contribution is 5.65. The van der Waals surface area contributed by atoms with Gasteiger partial charge in [-0.25, -0.2) is 4.79 Å². The molecule has 1 aromatic rings. The largest absolute Gasteiger partial charge is 0.493 e. The molecule has 2 N–H and O–H groups in total. The van der Waals surface area contributed by atoms with E-state index in [9.17, 15) is 23.1 Å². The lowest BCUT2D eigenvalue weighted by molar-refractivity contribution is -0.271. The minimum absolute atomic E-state index is 0.0671. The Morgan fingerprint density at radius 2 is 1.81 bits per heavy atom. The van der Waals surface area contributed by atoms with Crippen LogP contribution in [0.4, 0.5) is 18.0 Å². The number of ether oxygens (including phenoxy) is 3. The van der Waals surface area contributed by atoms with Gasteiger partial charge in [-0.1, -0.05) is 38.7 Å². The number of aryl methyl sites for hydroxylation is 1. The van der Waals surface area contributed by atoms with Crippen molar-refractivity contribution in [2.75, 3.05) is 19.8 Å². The van der Waals surface area contributed by atoms with Gasteiger partial charge < -0.3 is 24.6 Å². The maximum atomic E-state index is 13.6. The van der Waals surface area contributed by atoms with Crippen molar-refractivity contribution in [3.05, 3.63) is 29.3 Å². The van der Waals surface area contributed by atoms with Gasteiger partial charge in [0.2, 0.25) is 0 Å². The van der Waals surface area contributed by atoms with Crippen LogP contribution in [0.1, 0.15) is 70.4 Å². The first-order chi connectivity index (χ1) is 15.0. The number of nitrogens with one attached hydrogen (secondary N) is 1. The Labute approximate surface area is 187 Å². The molecule has 182 valence electrons. The SMILES string of the molecule is CCCCCCCOc1ccc(CCC2(NC(=O)O)COC(C)(C)OC2)cc1C(F)(F)F. The second kappa shape index (κ2) is 11.2. The maximum Gasteiger partial charge on any atom is 0.419 e. The lowest BCUT2D eigenvalue weighted by Crippen LogP contribution is -2.61. The molecule has 0 radical (unpaired) electrons. The topological polar surface area (TPSA) is 77.0 Å². The van der Waals surface area contributed by atoms with Crippen LogP contribution in [-0.2, 0) is 22.1 Å². The fourth-order valence-electron chi connectivity index (χ4n) is 3.56. The highest BCUT2D eigenvalue weighted by Gasteiger charge is 2.41. The number of halogens is 3. The number of unbranched alkanes of at least 4 members (excludes halogenated alkanes) is 4. The minimum atomic E-state index is -4.55. The number of carbonyl (C=O) groups is 1. The molecule has 1 heterocycles. The summed E-state index contributed by atoms with van der Waals surface area (Å²) in [6, 6.07) is 4.01. The van der Waals surface area contributed by atoms with Crippen LogP contribution in [-0.4, -0.2) is 42.3 Å². The quantitative estimate of drug-likeness (QED) is 0.409. The van der Waals surface area contributed by atoms with E-state index in [2.05, 4.69) is 12.2 Å². The van der Waals surface area contributed by atoms with Gasteiger partial charge in [-0.3, -0.25) is 0 Å². The van der Waals surface area contributed by atoms with Gasteiger partial charge in [-0.15, -0.1) is 0 Å². The highest BCUT2D eigenvalue weighted by atomic mass is 19.4. The van der Waals surface area contributed by atoms with Gasteiger partial charge in [0.25, 0.3) is 0 Å². The van der Waals surface area contributed by atoms with Gasteiger partial charge in [0, 0.05) is 0 Å². The third-order valence-electron chi connectivity index (χ3n) is 5.51. The van der Waals surface area contributed by atoms with Gasteiger partial charge in [0.15, 0.2) is 5.79 Å². The lowest BCUT2D eigenvalue weighted by atomic mass is 9.91. The summed E-state index contributed by atoms with van der Waals surface area (Å²) < 4.78 is 57.5. The molecule has 0 unspecified atom stereocenters. The molecule has 1 amide bonds. The lowest BCUT2D eigenvalue weighted by Gasteiger charge is -2.43. The van der Waals surface area contributed by atoms with Gasteiger partial charge in [0.05, 0.1) is 30.9 Å². The number of amides is 1. The molecule has 0 saturated carbocycles. The summed E-state index contributed by atoms with van der Waals surface area (Å²) in [7, 11) is 0. The third-order valence-corrected chi connectivity index (χ3v) is 5.51. The zero-order valence-electron chi connectivity index (χ0n) is 19.0. The molecule has 2 rings (SSSR count). The molecule has 1 aliphatic heterocycles. The Kier molecular flexibility index (Phi) is 9.21. The van der Waals surface area contributed by atoms with Crippen molar-refractivity contribution in [3.8, 4) is 5.75 Å². The molecule has 32 heavy (non-hydrogen) atoms. The van der Waals surface area contributed by atoms with Crippen molar-refractivity contribution in [2.45, 2.75) is 83.2 Å². The maximum absolute atomic E-state index is 13.6. The minimum Gasteiger partial charge on any atom is -0.493 e. The summed E-state index contributed by atoms with van der Waals surface area (Å²) in [5, 5.41) is 11.6. The van der Waals surface area contributed by atoms with Crippen LogP contribution in [0.2, 0.25) is 0 Å². The van der Waals surface area contributed by atoms with Crippen LogP contribution < -0.4 is 10.1 Å². The van der Waals surface area contributed by atoms with Crippen LogP contribution in [0.15, 0.2) is 18.2 Å². The van der Waals surface area contributed by atoms with Crippen molar-refractivity contribution in [2.24, 2.45) is 0 Å². The van der Waals surface area contributed by atoms with Crippen molar-refractivity contribution >= 4 is 6.09 Å². The molecular formula is C23H34F3NO5. The zero-order chi connectivity index (χ0) is 23.8. The van der Waals surface area contributed by atoms with Crippen LogP contribution in [0, 0.1) is 0 Å². The summed E-state index contributed by atoms with van der Waals surface area (Å²) in [6.07, 6.45) is -0.471. The molecule has 1 fully saturated rings. The van der Waals surface area contributed by atoms with Crippen molar-refractivity contribution in [1.29, 1.82) is 0 Å². The highest BCUT2D eigenvalue weighted by Crippen LogP contribution is 2.37. The fraction of sp³-hybridized carbons (Fsp3) is 0.696. The Bertz CT molecular complexity index is 742. The van der Waals surface area contributed by atoms with E-state index in [1.165, 1.54) is 6.07 Å². The van der Waals surface area contributed by atoms with Crippen molar-refractivity contribution in [3.63, 3.8) is 0 Å². The standard InChI is InChI=1S/C23H34F3NO5/c1-4-5-6-7-8-13-30-19-10-9-17(14-18(19)23(24,25)26)11-12-22(27-20(28)29)15-31-21(2,3)32-16-22/h9-10,14,27H,4-8,11-13,15-16H2,1-3H3,(H,28,29). The molecule has 0 aromatic heterocycles.